The second-order valence-corrected chi connectivity index (χ2v) is 5.79. The Morgan fingerprint density at radius 3 is 2.83 bits per heavy atom. The zero-order valence-electron chi connectivity index (χ0n) is 12.9. The van der Waals surface area contributed by atoms with Gasteiger partial charge in [0, 0.05) is 14.7 Å². The molecule has 0 saturated carbocycles. The number of rotatable bonds is 6. The molecule has 2 aromatic carbocycles. The Hall–Kier alpha value is -2.09. The fraction of sp³-hybridized carbons (Fsp3) is 0.176. The van der Waals surface area contributed by atoms with Crippen LogP contribution in [0.2, 0.25) is 0 Å². The minimum absolute atomic E-state index is 0.263. The highest BCUT2D eigenvalue weighted by Gasteiger charge is 2.06. The van der Waals surface area contributed by atoms with E-state index in [9.17, 15) is 4.79 Å². The summed E-state index contributed by atoms with van der Waals surface area (Å²) in [4.78, 5) is 12.0. The van der Waals surface area contributed by atoms with E-state index in [0.717, 1.165) is 9.13 Å². The van der Waals surface area contributed by atoms with Crippen LogP contribution in [0.4, 0.5) is 0 Å². The van der Waals surface area contributed by atoms with Crippen LogP contribution in [0.5, 0.6) is 11.5 Å². The van der Waals surface area contributed by atoms with E-state index in [-0.39, 0.29) is 5.91 Å². The number of nitrogens with zero attached hydrogens (tertiary/aromatic N) is 1. The fourth-order valence-electron chi connectivity index (χ4n) is 1.90. The summed E-state index contributed by atoms with van der Waals surface area (Å²) >= 11 is 2.16. The minimum Gasteiger partial charge on any atom is -0.497 e. The van der Waals surface area contributed by atoms with Crippen LogP contribution >= 0.6 is 22.6 Å². The summed E-state index contributed by atoms with van der Waals surface area (Å²) in [6.45, 7) is 2.45. The molecule has 0 spiro atoms. The van der Waals surface area contributed by atoms with E-state index in [1.807, 2.05) is 31.2 Å². The van der Waals surface area contributed by atoms with Crippen LogP contribution in [-0.4, -0.2) is 25.8 Å². The average molecular weight is 424 g/mol. The maximum Gasteiger partial charge on any atom is 0.271 e. The van der Waals surface area contributed by atoms with Crippen molar-refractivity contribution < 1.29 is 14.3 Å². The normalized spacial score (nSPS) is 10.6. The quantitative estimate of drug-likeness (QED) is 0.439. The number of methoxy groups -OCH3 is 1. The standard InChI is InChI=1S/C17H17IN2O3/c1-3-23-16-8-7-15(22-2)10-13(16)11-19-20-17(21)12-5-4-6-14(18)9-12/h4-11H,3H2,1-2H3,(H,20,21). The maximum absolute atomic E-state index is 12.0. The first-order valence-electron chi connectivity index (χ1n) is 7.04. The minimum atomic E-state index is -0.263. The summed E-state index contributed by atoms with van der Waals surface area (Å²) in [6, 6.07) is 12.7. The SMILES string of the molecule is CCOc1ccc(OC)cc1C=NNC(=O)c1cccc(I)c1. The number of hydrogen-bond acceptors (Lipinski definition) is 4. The highest BCUT2D eigenvalue weighted by Crippen LogP contribution is 2.22. The molecule has 120 valence electrons. The van der Waals surface area contributed by atoms with Gasteiger partial charge in [-0.05, 0) is 65.9 Å². The number of carbonyl (C=O) groups excluding carboxylic acids is 1. The Labute approximate surface area is 148 Å². The molecule has 0 aliphatic carbocycles. The van der Waals surface area contributed by atoms with Crippen LogP contribution in [0.15, 0.2) is 47.6 Å². The monoisotopic (exact) mass is 424 g/mol. The van der Waals surface area contributed by atoms with E-state index < -0.39 is 0 Å². The summed E-state index contributed by atoms with van der Waals surface area (Å²) in [7, 11) is 1.59. The van der Waals surface area contributed by atoms with Gasteiger partial charge in [0.2, 0.25) is 0 Å². The van der Waals surface area contributed by atoms with E-state index in [1.165, 1.54) is 0 Å². The summed E-state index contributed by atoms with van der Waals surface area (Å²) in [5.41, 5.74) is 3.80. The van der Waals surface area contributed by atoms with Crippen LogP contribution < -0.4 is 14.9 Å². The zero-order valence-corrected chi connectivity index (χ0v) is 15.0. The van der Waals surface area contributed by atoms with Gasteiger partial charge in [0.15, 0.2) is 0 Å². The molecular weight excluding hydrogens is 407 g/mol. The van der Waals surface area contributed by atoms with Crippen molar-refractivity contribution in [2.75, 3.05) is 13.7 Å². The first-order chi connectivity index (χ1) is 11.1. The number of amides is 1. The van der Waals surface area contributed by atoms with E-state index in [0.29, 0.717) is 23.7 Å². The smallest absolute Gasteiger partial charge is 0.271 e. The zero-order chi connectivity index (χ0) is 16.7. The van der Waals surface area contributed by atoms with Gasteiger partial charge in [-0.25, -0.2) is 5.43 Å². The molecule has 2 rings (SSSR count). The largest absolute Gasteiger partial charge is 0.497 e. The predicted octanol–water partition coefficient (Wildman–Crippen LogP) is 3.46. The third kappa shape index (κ3) is 4.95. The lowest BCUT2D eigenvalue weighted by Crippen LogP contribution is -2.17. The Kier molecular flexibility index (Phi) is 6.40. The van der Waals surface area contributed by atoms with Crippen LogP contribution in [0.1, 0.15) is 22.8 Å². The van der Waals surface area contributed by atoms with Gasteiger partial charge in [0.1, 0.15) is 11.5 Å². The molecular formula is C17H17IN2O3. The van der Waals surface area contributed by atoms with Crippen molar-refractivity contribution in [2.45, 2.75) is 6.92 Å². The molecule has 0 aliphatic heterocycles. The maximum atomic E-state index is 12.0. The molecule has 1 N–H and O–H groups in total. The number of nitrogens with one attached hydrogen (secondary N) is 1. The summed E-state index contributed by atoms with van der Waals surface area (Å²) < 4.78 is 11.7. The molecule has 0 radical (unpaired) electrons. The highest BCUT2D eigenvalue weighted by atomic mass is 127. The van der Waals surface area contributed by atoms with Crippen molar-refractivity contribution in [2.24, 2.45) is 5.10 Å². The summed E-state index contributed by atoms with van der Waals surface area (Å²) in [6.07, 6.45) is 1.54. The molecule has 5 nitrogen and oxygen atoms in total. The molecule has 0 saturated heterocycles. The van der Waals surface area contributed by atoms with Crippen molar-refractivity contribution in [3.63, 3.8) is 0 Å². The third-order valence-electron chi connectivity index (χ3n) is 2.97. The van der Waals surface area contributed by atoms with Crippen molar-refractivity contribution in [3.05, 3.63) is 57.2 Å². The lowest BCUT2D eigenvalue weighted by Gasteiger charge is -2.08. The first-order valence-corrected chi connectivity index (χ1v) is 8.11. The van der Waals surface area contributed by atoms with E-state index in [4.69, 9.17) is 9.47 Å². The number of hydrazone groups is 1. The molecule has 0 atom stereocenters. The first kappa shape index (κ1) is 17.3. The van der Waals surface area contributed by atoms with Crippen LogP contribution in [0.25, 0.3) is 0 Å². The highest BCUT2D eigenvalue weighted by molar-refractivity contribution is 14.1. The van der Waals surface area contributed by atoms with Gasteiger partial charge in [-0.3, -0.25) is 4.79 Å². The number of hydrogen-bond donors (Lipinski definition) is 1. The second kappa shape index (κ2) is 8.52. The van der Waals surface area contributed by atoms with Gasteiger partial charge in [-0.1, -0.05) is 6.07 Å². The lowest BCUT2D eigenvalue weighted by atomic mass is 10.2. The molecule has 0 heterocycles. The molecule has 1 amide bonds. The van der Waals surface area contributed by atoms with Gasteiger partial charge >= 0.3 is 0 Å². The van der Waals surface area contributed by atoms with Crippen molar-refractivity contribution in [1.82, 2.24) is 5.43 Å². The van der Waals surface area contributed by atoms with E-state index >= 15 is 0 Å². The lowest BCUT2D eigenvalue weighted by molar-refractivity contribution is 0.0955. The molecule has 0 aromatic heterocycles. The van der Waals surface area contributed by atoms with Crippen LogP contribution in [0, 0.1) is 3.57 Å². The predicted molar refractivity (Wildman–Crippen MR) is 98.4 cm³/mol. The van der Waals surface area contributed by atoms with E-state index in [1.54, 1.807) is 31.5 Å². The molecule has 0 aliphatic rings. The second-order valence-electron chi connectivity index (χ2n) is 4.55. The average Bonchev–Trinajstić information content (AvgIpc) is 2.56. The number of carbonyl (C=O) groups is 1. The number of benzene rings is 2. The number of ether oxygens (including phenoxy) is 2. The van der Waals surface area contributed by atoms with E-state index in [2.05, 4.69) is 33.1 Å². The molecule has 0 fully saturated rings. The molecule has 2 aromatic rings. The molecule has 0 bridgehead atoms. The van der Waals surface area contributed by atoms with Crippen molar-refractivity contribution in [1.29, 1.82) is 0 Å². The van der Waals surface area contributed by atoms with Crippen molar-refractivity contribution in [3.8, 4) is 11.5 Å². The van der Waals surface area contributed by atoms with Gasteiger partial charge < -0.3 is 9.47 Å². The summed E-state index contributed by atoms with van der Waals surface area (Å²) in [5, 5.41) is 4.00. The van der Waals surface area contributed by atoms with Gasteiger partial charge in [-0.2, -0.15) is 5.10 Å². The van der Waals surface area contributed by atoms with Gasteiger partial charge in [0.05, 0.1) is 19.9 Å². The number of halogens is 1. The van der Waals surface area contributed by atoms with Crippen LogP contribution in [-0.2, 0) is 0 Å². The Morgan fingerprint density at radius 2 is 2.13 bits per heavy atom. The third-order valence-corrected chi connectivity index (χ3v) is 3.64. The van der Waals surface area contributed by atoms with Crippen molar-refractivity contribution >= 4 is 34.7 Å². The molecule has 0 unspecified atom stereocenters. The summed E-state index contributed by atoms with van der Waals surface area (Å²) in [5.74, 6) is 1.11. The molecule has 23 heavy (non-hydrogen) atoms. The molecule has 6 heteroatoms. The fourth-order valence-corrected chi connectivity index (χ4v) is 2.44. The topological polar surface area (TPSA) is 59.9 Å². The Balaban J connectivity index is 2.11. The van der Waals surface area contributed by atoms with Gasteiger partial charge in [0.25, 0.3) is 5.91 Å². The van der Waals surface area contributed by atoms with Crippen LogP contribution in [0.3, 0.4) is 0 Å². The van der Waals surface area contributed by atoms with Gasteiger partial charge in [-0.15, -0.1) is 0 Å². The Morgan fingerprint density at radius 1 is 1.30 bits per heavy atom. The Bertz CT molecular complexity index is 717.